The van der Waals surface area contributed by atoms with E-state index in [0.717, 1.165) is 0 Å². The Labute approximate surface area is 90.7 Å². The number of hydrogen-bond acceptors (Lipinski definition) is 2. The second-order valence-corrected chi connectivity index (χ2v) is 4.07. The molecule has 1 heterocycles. The van der Waals surface area contributed by atoms with E-state index in [9.17, 15) is 18.0 Å². The number of H-pyrrole nitrogens is 1. The van der Waals surface area contributed by atoms with Crippen molar-refractivity contribution < 1.29 is 13.2 Å². The fourth-order valence-corrected chi connectivity index (χ4v) is 1.36. The Morgan fingerprint density at radius 1 is 1.44 bits per heavy atom. The van der Waals surface area contributed by atoms with Crippen LogP contribution in [0.1, 0.15) is 25.4 Å². The molecule has 1 N–H and O–H groups in total. The molecule has 0 atom stereocenters. The fraction of sp³-hybridized carbons (Fsp3) is 0.600. The lowest BCUT2D eigenvalue weighted by molar-refractivity contribution is -0.128. The maximum absolute atomic E-state index is 12.1. The van der Waals surface area contributed by atoms with Gasteiger partial charge in [-0.25, -0.2) is 4.98 Å². The number of nitrogens with one attached hydrogen (secondary N) is 1. The number of rotatable bonds is 3. The molecule has 0 spiro atoms. The van der Waals surface area contributed by atoms with Gasteiger partial charge in [-0.05, 0) is 12.3 Å². The van der Waals surface area contributed by atoms with Crippen LogP contribution in [0.4, 0.5) is 13.2 Å². The molecule has 6 heteroatoms. The lowest BCUT2D eigenvalue weighted by atomic mass is 10.1. The first-order valence-electron chi connectivity index (χ1n) is 4.92. The Hall–Kier alpha value is -1.33. The minimum atomic E-state index is -4.35. The summed E-state index contributed by atoms with van der Waals surface area (Å²) in [5, 5.41) is 0. The van der Waals surface area contributed by atoms with Crippen LogP contribution in [0.25, 0.3) is 0 Å². The van der Waals surface area contributed by atoms with Gasteiger partial charge in [-0.2, -0.15) is 13.2 Å². The summed E-state index contributed by atoms with van der Waals surface area (Å²) >= 11 is 0. The lowest BCUT2D eigenvalue weighted by Gasteiger charge is -2.08. The van der Waals surface area contributed by atoms with Crippen LogP contribution in [-0.4, -0.2) is 16.1 Å². The number of aromatic nitrogens is 2. The smallest absolute Gasteiger partial charge is 0.310 e. The van der Waals surface area contributed by atoms with E-state index in [2.05, 4.69) is 9.97 Å². The predicted molar refractivity (Wildman–Crippen MR) is 53.2 cm³/mol. The highest BCUT2D eigenvalue weighted by Crippen LogP contribution is 2.18. The average Bonchev–Trinajstić information content (AvgIpc) is 1.96. The minimum Gasteiger partial charge on any atom is -0.310 e. The summed E-state index contributed by atoms with van der Waals surface area (Å²) in [6.45, 7) is 3.82. The Bertz CT molecular complexity index is 409. The van der Waals surface area contributed by atoms with E-state index in [1.54, 1.807) is 0 Å². The van der Waals surface area contributed by atoms with Crippen molar-refractivity contribution in [3.8, 4) is 0 Å². The normalized spacial score (nSPS) is 12.1. The summed E-state index contributed by atoms with van der Waals surface area (Å²) in [6, 6.07) is 1.24. The SMILES string of the molecule is CC(C)Cc1cc(=O)[nH]c(CC(F)(F)F)n1. The lowest BCUT2D eigenvalue weighted by Crippen LogP contribution is -2.20. The van der Waals surface area contributed by atoms with Crippen molar-refractivity contribution >= 4 is 0 Å². The number of alkyl halides is 3. The molecule has 16 heavy (non-hydrogen) atoms. The first-order chi connectivity index (χ1) is 7.26. The van der Waals surface area contributed by atoms with Gasteiger partial charge in [0.1, 0.15) is 12.2 Å². The molecule has 3 nitrogen and oxygen atoms in total. The average molecular weight is 234 g/mol. The number of halogens is 3. The molecule has 0 amide bonds. The van der Waals surface area contributed by atoms with Gasteiger partial charge in [0, 0.05) is 11.8 Å². The highest BCUT2D eigenvalue weighted by Gasteiger charge is 2.29. The van der Waals surface area contributed by atoms with Gasteiger partial charge in [-0.15, -0.1) is 0 Å². The van der Waals surface area contributed by atoms with Gasteiger partial charge in [0.25, 0.3) is 5.56 Å². The Balaban J connectivity index is 2.94. The van der Waals surface area contributed by atoms with Crippen molar-refractivity contribution in [2.24, 2.45) is 5.92 Å². The first kappa shape index (κ1) is 12.7. The van der Waals surface area contributed by atoms with Crippen LogP contribution in [0, 0.1) is 5.92 Å². The van der Waals surface area contributed by atoms with E-state index in [1.807, 2.05) is 13.8 Å². The Kier molecular flexibility index (Phi) is 3.72. The maximum Gasteiger partial charge on any atom is 0.396 e. The van der Waals surface area contributed by atoms with E-state index < -0.39 is 18.2 Å². The second kappa shape index (κ2) is 4.67. The molecular formula is C10H13F3N2O. The highest BCUT2D eigenvalue weighted by molar-refractivity contribution is 5.04. The van der Waals surface area contributed by atoms with Crippen LogP contribution < -0.4 is 5.56 Å². The zero-order valence-corrected chi connectivity index (χ0v) is 9.06. The third-order valence-electron chi connectivity index (χ3n) is 1.83. The molecule has 0 fully saturated rings. The van der Waals surface area contributed by atoms with Gasteiger partial charge >= 0.3 is 6.18 Å². The number of nitrogens with zero attached hydrogens (tertiary/aromatic N) is 1. The maximum atomic E-state index is 12.1. The summed E-state index contributed by atoms with van der Waals surface area (Å²) in [5.41, 5.74) is -0.136. The molecule has 90 valence electrons. The van der Waals surface area contributed by atoms with Gasteiger partial charge in [-0.3, -0.25) is 4.79 Å². The highest BCUT2D eigenvalue weighted by atomic mass is 19.4. The molecule has 0 aromatic carbocycles. The summed E-state index contributed by atoms with van der Waals surface area (Å²) in [7, 11) is 0. The van der Waals surface area contributed by atoms with Gasteiger partial charge in [-0.1, -0.05) is 13.8 Å². The van der Waals surface area contributed by atoms with Gasteiger partial charge in [0.2, 0.25) is 0 Å². The molecule has 0 saturated heterocycles. The molecule has 0 aliphatic rings. The third-order valence-corrected chi connectivity index (χ3v) is 1.83. The molecule has 1 aromatic heterocycles. The zero-order valence-electron chi connectivity index (χ0n) is 9.06. The zero-order chi connectivity index (χ0) is 12.3. The van der Waals surface area contributed by atoms with Crippen molar-refractivity contribution in [1.82, 2.24) is 9.97 Å². The van der Waals surface area contributed by atoms with Crippen LogP contribution >= 0.6 is 0 Å². The van der Waals surface area contributed by atoms with E-state index >= 15 is 0 Å². The minimum absolute atomic E-state index is 0.244. The van der Waals surface area contributed by atoms with Crippen molar-refractivity contribution in [3.63, 3.8) is 0 Å². The van der Waals surface area contributed by atoms with Crippen molar-refractivity contribution in [2.45, 2.75) is 32.9 Å². The second-order valence-electron chi connectivity index (χ2n) is 4.07. The van der Waals surface area contributed by atoms with Crippen molar-refractivity contribution in [2.75, 3.05) is 0 Å². The fourth-order valence-electron chi connectivity index (χ4n) is 1.36. The first-order valence-corrected chi connectivity index (χ1v) is 4.92. The van der Waals surface area contributed by atoms with Gasteiger partial charge in [0.15, 0.2) is 0 Å². The van der Waals surface area contributed by atoms with Crippen LogP contribution in [-0.2, 0) is 12.8 Å². The van der Waals surface area contributed by atoms with E-state index in [1.165, 1.54) is 6.07 Å². The number of aromatic amines is 1. The Morgan fingerprint density at radius 2 is 2.06 bits per heavy atom. The van der Waals surface area contributed by atoms with E-state index in [4.69, 9.17) is 0 Å². The topological polar surface area (TPSA) is 45.8 Å². The molecule has 1 rings (SSSR count). The predicted octanol–water partition coefficient (Wildman–Crippen LogP) is 2.07. The number of hydrogen-bond donors (Lipinski definition) is 1. The molecule has 0 radical (unpaired) electrons. The van der Waals surface area contributed by atoms with Crippen LogP contribution in [0.5, 0.6) is 0 Å². The molecular weight excluding hydrogens is 221 g/mol. The van der Waals surface area contributed by atoms with Crippen LogP contribution in [0.2, 0.25) is 0 Å². The summed E-state index contributed by atoms with van der Waals surface area (Å²) < 4.78 is 36.3. The molecule has 0 aliphatic heterocycles. The summed E-state index contributed by atoms with van der Waals surface area (Å²) in [6.07, 6.45) is -5.06. The van der Waals surface area contributed by atoms with Crippen LogP contribution in [0.15, 0.2) is 10.9 Å². The van der Waals surface area contributed by atoms with Crippen molar-refractivity contribution in [1.29, 1.82) is 0 Å². The molecule has 1 aromatic rings. The quantitative estimate of drug-likeness (QED) is 0.870. The third kappa shape index (κ3) is 4.46. The van der Waals surface area contributed by atoms with Gasteiger partial charge < -0.3 is 4.98 Å². The summed E-state index contributed by atoms with van der Waals surface area (Å²) in [5.74, 6) is -0.0799. The monoisotopic (exact) mass is 234 g/mol. The molecule has 0 bridgehead atoms. The molecule has 0 unspecified atom stereocenters. The van der Waals surface area contributed by atoms with Gasteiger partial charge in [0.05, 0.1) is 0 Å². The van der Waals surface area contributed by atoms with Crippen molar-refractivity contribution in [3.05, 3.63) is 27.9 Å². The van der Waals surface area contributed by atoms with Crippen LogP contribution in [0.3, 0.4) is 0 Å². The largest absolute Gasteiger partial charge is 0.396 e. The van der Waals surface area contributed by atoms with E-state index in [-0.39, 0.29) is 11.7 Å². The Morgan fingerprint density at radius 3 is 2.56 bits per heavy atom. The standard InChI is InChI=1S/C10H13F3N2O/c1-6(2)3-7-4-9(16)15-8(14-7)5-10(11,12)13/h4,6H,3,5H2,1-2H3,(H,14,15,16). The van der Waals surface area contributed by atoms with E-state index in [0.29, 0.717) is 12.1 Å². The summed E-state index contributed by atoms with van der Waals surface area (Å²) in [4.78, 5) is 17.0. The molecule has 0 saturated carbocycles. The molecule has 0 aliphatic carbocycles.